The van der Waals surface area contributed by atoms with Gasteiger partial charge in [0.15, 0.2) is 4.08 Å². The number of rotatable bonds is 5. The van der Waals surface area contributed by atoms with Crippen LogP contribution in [0, 0.1) is 0 Å². The van der Waals surface area contributed by atoms with Crippen LogP contribution in [0.4, 0.5) is 0 Å². The van der Waals surface area contributed by atoms with Crippen molar-refractivity contribution in [1.82, 2.24) is 4.31 Å². The Morgan fingerprint density at radius 1 is 0.903 bits per heavy atom. The third kappa shape index (κ3) is 4.52. The minimum Gasteiger partial charge on any atom is -0.379 e. The van der Waals surface area contributed by atoms with Crippen LogP contribution in [-0.4, -0.2) is 47.9 Å². The first-order valence-electron chi connectivity index (χ1n) is 10.4. The van der Waals surface area contributed by atoms with Crippen LogP contribution < -0.4 is 0 Å². The van der Waals surface area contributed by atoms with Gasteiger partial charge in [-0.3, -0.25) is 0 Å². The maximum Gasteiger partial charge on any atom is 0.234 e. The van der Waals surface area contributed by atoms with Crippen molar-refractivity contribution in [3.63, 3.8) is 0 Å². The van der Waals surface area contributed by atoms with E-state index in [0.29, 0.717) is 26.3 Å². The minimum atomic E-state index is -3.41. The van der Waals surface area contributed by atoms with Gasteiger partial charge in [0, 0.05) is 18.8 Å². The van der Waals surface area contributed by atoms with Crippen molar-refractivity contribution in [2.24, 2.45) is 0 Å². The zero-order valence-corrected chi connectivity index (χ0v) is 19.8. The number of ether oxygens (including phenoxy) is 1. The van der Waals surface area contributed by atoms with E-state index in [9.17, 15) is 8.42 Å². The number of fused-ring (bicyclic) bond motifs is 1. The second kappa shape index (κ2) is 9.55. The van der Waals surface area contributed by atoms with Gasteiger partial charge in [-0.05, 0) is 17.5 Å². The highest BCUT2D eigenvalue weighted by Gasteiger charge is 2.75. The van der Waals surface area contributed by atoms with Gasteiger partial charge < -0.3 is 4.74 Å². The molecule has 2 aromatic rings. The number of nitrogens with zero attached hydrogens (tertiary/aromatic N) is 1. The molecule has 2 aliphatic heterocycles. The van der Waals surface area contributed by atoms with E-state index in [-0.39, 0.29) is 4.75 Å². The zero-order chi connectivity index (χ0) is 21.8. The van der Waals surface area contributed by atoms with E-state index in [0.717, 1.165) is 12.2 Å². The van der Waals surface area contributed by atoms with Gasteiger partial charge in [0.05, 0.1) is 18.0 Å². The highest BCUT2D eigenvalue weighted by molar-refractivity contribution is 8.23. The molecule has 2 fully saturated rings. The number of hydrogen-bond donors (Lipinski definition) is 1. The second-order valence-electron chi connectivity index (χ2n) is 7.70. The monoisotopic (exact) mass is 473 g/mol. The lowest BCUT2D eigenvalue weighted by molar-refractivity contribution is 0.0727. The summed E-state index contributed by atoms with van der Waals surface area (Å²) in [5, 5.41) is 0. The molecular formula is C24H27NO3S3. The summed E-state index contributed by atoms with van der Waals surface area (Å²) in [5.74, 6) is 0.834. The molecule has 0 bridgehead atoms. The molecule has 1 aliphatic carbocycles. The molecule has 2 atom stereocenters. The average Bonchev–Trinajstić information content (AvgIpc) is 3.52. The van der Waals surface area contributed by atoms with Crippen LogP contribution in [0.3, 0.4) is 0 Å². The number of thiol groups is 1. The van der Waals surface area contributed by atoms with Gasteiger partial charge in [-0.25, -0.2) is 8.42 Å². The van der Waals surface area contributed by atoms with Gasteiger partial charge in [0.1, 0.15) is 0 Å². The molecule has 2 unspecified atom stereocenters. The molecule has 0 radical (unpaired) electrons. The van der Waals surface area contributed by atoms with E-state index in [1.807, 2.05) is 54.6 Å². The summed E-state index contributed by atoms with van der Waals surface area (Å²) in [6.45, 7) is 1.85. The van der Waals surface area contributed by atoms with E-state index in [1.165, 1.54) is 11.1 Å². The third-order valence-electron chi connectivity index (χ3n) is 5.70. The highest BCUT2D eigenvalue weighted by Crippen LogP contribution is 2.71. The highest BCUT2D eigenvalue weighted by atomic mass is 32.3. The molecule has 0 saturated carbocycles. The molecule has 4 nitrogen and oxygen atoms in total. The quantitative estimate of drug-likeness (QED) is 0.519. The zero-order valence-electron chi connectivity index (χ0n) is 17.3. The van der Waals surface area contributed by atoms with E-state index < -0.39 is 14.1 Å². The molecule has 5 rings (SSSR count). The van der Waals surface area contributed by atoms with Crippen LogP contribution in [-0.2, 0) is 26.9 Å². The molecule has 31 heavy (non-hydrogen) atoms. The average molecular weight is 474 g/mol. The first-order valence-corrected chi connectivity index (χ1v) is 13.3. The topological polar surface area (TPSA) is 46.6 Å². The van der Waals surface area contributed by atoms with Gasteiger partial charge in [0.2, 0.25) is 10.0 Å². The fourth-order valence-corrected chi connectivity index (χ4v) is 8.78. The Kier molecular flexibility index (Phi) is 6.98. The summed E-state index contributed by atoms with van der Waals surface area (Å²) in [6, 6.07) is 20.3. The second-order valence-corrected chi connectivity index (χ2v) is 12.0. The minimum absolute atomic E-state index is 0.389. The summed E-state index contributed by atoms with van der Waals surface area (Å²) in [7, 11) is -3.41. The number of sulfonamides is 1. The van der Waals surface area contributed by atoms with Crippen LogP contribution in [0.2, 0.25) is 0 Å². The Morgan fingerprint density at radius 2 is 1.48 bits per heavy atom. The fourth-order valence-electron chi connectivity index (χ4n) is 4.00. The molecule has 2 saturated heterocycles. The number of thioether (sulfide) groups is 1. The Bertz CT molecular complexity index is 1030. The van der Waals surface area contributed by atoms with Gasteiger partial charge in [-0.1, -0.05) is 85.0 Å². The summed E-state index contributed by atoms with van der Waals surface area (Å²) in [4.78, 5) is 0. The molecule has 7 heteroatoms. The molecule has 2 heterocycles. The van der Waals surface area contributed by atoms with Crippen LogP contribution >= 0.6 is 24.4 Å². The van der Waals surface area contributed by atoms with Gasteiger partial charge in [-0.2, -0.15) is 16.9 Å². The van der Waals surface area contributed by atoms with Crippen molar-refractivity contribution < 1.29 is 13.2 Å². The van der Waals surface area contributed by atoms with Crippen LogP contribution in [0.5, 0.6) is 0 Å². The lowest BCUT2D eigenvalue weighted by Gasteiger charge is -2.31. The van der Waals surface area contributed by atoms with Gasteiger partial charge in [0.25, 0.3) is 0 Å². The molecule has 0 spiro atoms. The van der Waals surface area contributed by atoms with Crippen molar-refractivity contribution in [3.05, 3.63) is 96.1 Å². The number of hydrogen-bond acceptors (Lipinski definition) is 5. The van der Waals surface area contributed by atoms with Crippen molar-refractivity contribution in [2.75, 3.05) is 26.3 Å². The Balaban J connectivity index is 0.000000245. The molecule has 164 valence electrons. The molecule has 2 aromatic carbocycles. The fraction of sp³-hybridized carbons (Fsp3) is 0.333. The summed E-state index contributed by atoms with van der Waals surface area (Å²) in [6.07, 6.45) is 8.48. The number of allylic oxidation sites excluding steroid dienone is 2. The first kappa shape index (κ1) is 22.7. The summed E-state index contributed by atoms with van der Waals surface area (Å²) in [5.41, 5.74) is 2.44. The maximum absolute atomic E-state index is 13.3. The first-order chi connectivity index (χ1) is 15.0. The molecule has 3 aliphatic rings. The van der Waals surface area contributed by atoms with Crippen LogP contribution in [0.25, 0.3) is 0 Å². The smallest absolute Gasteiger partial charge is 0.234 e. The van der Waals surface area contributed by atoms with E-state index in [2.05, 4.69) is 43.0 Å². The summed E-state index contributed by atoms with van der Waals surface area (Å²) < 4.78 is 32.2. The van der Waals surface area contributed by atoms with Crippen molar-refractivity contribution in [2.45, 2.75) is 21.0 Å². The largest absolute Gasteiger partial charge is 0.379 e. The van der Waals surface area contributed by atoms with Crippen LogP contribution in [0.15, 0.2) is 85.0 Å². The number of morpholine rings is 1. The SMILES string of the molecule is O=S(=O)(N1CCOCC1)C12C=CC=CC1(Cc1ccccc1)S2.SCc1ccccc1. The third-order valence-corrected chi connectivity index (χ3v) is 11.0. The molecule has 0 aromatic heterocycles. The lowest BCUT2D eigenvalue weighted by atomic mass is 9.93. The molecule has 0 N–H and O–H groups in total. The predicted molar refractivity (Wildman–Crippen MR) is 132 cm³/mol. The van der Waals surface area contributed by atoms with E-state index in [4.69, 9.17) is 4.74 Å². The Labute approximate surface area is 194 Å². The van der Waals surface area contributed by atoms with Gasteiger partial charge in [-0.15, -0.1) is 11.8 Å². The van der Waals surface area contributed by atoms with Gasteiger partial charge >= 0.3 is 0 Å². The Hall–Kier alpha value is -1.51. The summed E-state index contributed by atoms with van der Waals surface area (Å²) >= 11 is 5.66. The molecule has 0 amide bonds. The molecular weight excluding hydrogens is 446 g/mol. The van der Waals surface area contributed by atoms with Crippen molar-refractivity contribution in [3.8, 4) is 0 Å². The van der Waals surface area contributed by atoms with E-state index in [1.54, 1.807) is 16.1 Å². The van der Waals surface area contributed by atoms with Crippen molar-refractivity contribution in [1.29, 1.82) is 0 Å². The predicted octanol–water partition coefficient (Wildman–Crippen LogP) is 4.32. The van der Waals surface area contributed by atoms with E-state index >= 15 is 0 Å². The lowest BCUT2D eigenvalue weighted by Crippen LogP contribution is -2.48. The number of benzene rings is 2. The maximum atomic E-state index is 13.3. The van der Waals surface area contributed by atoms with Crippen molar-refractivity contribution >= 4 is 34.4 Å². The Morgan fingerprint density at radius 3 is 2.06 bits per heavy atom. The van der Waals surface area contributed by atoms with Crippen LogP contribution in [0.1, 0.15) is 11.1 Å². The standard InChI is InChI=1S/C17H19NO3S2.C7H8S/c19-23(20,18-10-12-21-13-11-18)17-9-5-4-8-16(17,22-17)14-15-6-2-1-3-7-15;8-6-7-4-2-1-3-5-7/h1-9H,10-14H2;1-5,8H,6H2. The normalized spacial score (nSPS) is 27.1.